The number of nitrogens with zero attached hydrogens (tertiary/aromatic N) is 3. The zero-order valence-electron chi connectivity index (χ0n) is 11.0. The maximum atomic E-state index is 13.2. The van der Waals surface area contributed by atoms with Crippen LogP contribution < -0.4 is 9.80 Å². The molecule has 1 saturated heterocycles. The molecular formula is C15H15ClFN3. The fourth-order valence-electron chi connectivity index (χ4n) is 2.50. The van der Waals surface area contributed by atoms with Crippen LogP contribution in [0.2, 0.25) is 5.02 Å². The van der Waals surface area contributed by atoms with Crippen LogP contribution >= 0.6 is 11.6 Å². The SMILES string of the molecule is Fc1cc(N2CCN(c3ccccc3Cl)CC2)ccn1. The number of hydrogen-bond donors (Lipinski definition) is 0. The summed E-state index contributed by atoms with van der Waals surface area (Å²) in [5.41, 5.74) is 1.95. The van der Waals surface area contributed by atoms with Gasteiger partial charge in [0.1, 0.15) is 0 Å². The first-order valence-electron chi connectivity index (χ1n) is 6.60. The van der Waals surface area contributed by atoms with E-state index in [0.717, 1.165) is 42.6 Å². The Morgan fingerprint density at radius 2 is 1.70 bits per heavy atom. The molecule has 0 amide bonds. The van der Waals surface area contributed by atoms with Gasteiger partial charge in [-0.25, -0.2) is 4.98 Å². The summed E-state index contributed by atoms with van der Waals surface area (Å²) in [4.78, 5) is 8.01. The normalized spacial score (nSPS) is 15.5. The smallest absolute Gasteiger partial charge is 0.214 e. The summed E-state index contributed by atoms with van der Waals surface area (Å²) in [5.74, 6) is -0.434. The van der Waals surface area contributed by atoms with E-state index in [1.165, 1.54) is 12.3 Å². The summed E-state index contributed by atoms with van der Waals surface area (Å²) in [5, 5.41) is 0.774. The molecule has 20 heavy (non-hydrogen) atoms. The van der Waals surface area contributed by atoms with E-state index in [0.29, 0.717) is 0 Å². The van der Waals surface area contributed by atoms with Gasteiger partial charge in [-0.2, -0.15) is 4.39 Å². The summed E-state index contributed by atoms with van der Waals surface area (Å²) < 4.78 is 13.2. The van der Waals surface area contributed by atoms with Crippen LogP contribution in [0.1, 0.15) is 0 Å². The van der Waals surface area contributed by atoms with Crippen LogP contribution in [0, 0.1) is 5.95 Å². The summed E-state index contributed by atoms with van der Waals surface area (Å²) in [6, 6.07) is 11.2. The van der Waals surface area contributed by atoms with E-state index in [1.807, 2.05) is 30.3 Å². The molecule has 3 nitrogen and oxygen atoms in total. The van der Waals surface area contributed by atoms with Gasteiger partial charge in [0.2, 0.25) is 5.95 Å². The maximum Gasteiger partial charge on any atom is 0.214 e. The average molecular weight is 292 g/mol. The Morgan fingerprint density at radius 1 is 1.00 bits per heavy atom. The standard InChI is InChI=1S/C15H15ClFN3/c16-13-3-1-2-4-14(13)20-9-7-19(8-10-20)12-5-6-18-15(17)11-12/h1-6,11H,7-10H2. The molecule has 2 heterocycles. The monoisotopic (exact) mass is 291 g/mol. The third kappa shape index (κ3) is 2.70. The average Bonchev–Trinajstić information content (AvgIpc) is 2.48. The molecule has 0 spiro atoms. The largest absolute Gasteiger partial charge is 0.368 e. The summed E-state index contributed by atoms with van der Waals surface area (Å²) in [6.45, 7) is 3.42. The van der Waals surface area contributed by atoms with Gasteiger partial charge >= 0.3 is 0 Å². The van der Waals surface area contributed by atoms with E-state index < -0.39 is 5.95 Å². The van der Waals surface area contributed by atoms with Gasteiger partial charge in [0.05, 0.1) is 10.7 Å². The number of aromatic nitrogens is 1. The van der Waals surface area contributed by atoms with Gasteiger partial charge in [-0.05, 0) is 18.2 Å². The first kappa shape index (κ1) is 13.2. The van der Waals surface area contributed by atoms with Gasteiger partial charge < -0.3 is 9.80 Å². The molecule has 0 bridgehead atoms. The summed E-state index contributed by atoms with van der Waals surface area (Å²) in [7, 11) is 0. The molecule has 0 unspecified atom stereocenters. The molecule has 2 aromatic rings. The van der Waals surface area contributed by atoms with Crippen molar-refractivity contribution in [3.05, 3.63) is 53.6 Å². The Kier molecular flexibility index (Phi) is 3.74. The van der Waals surface area contributed by atoms with Crippen LogP contribution in [-0.2, 0) is 0 Å². The van der Waals surface area contributed by atoms with Gasteiger partial charge in [0.15, 0.2) is 0 Å². The van der Waals surface area contributed by atoms with E-state index in [4.69, 9.17) is 11.6 Å². The number of para-hydroxylation sites is 1. The lowest BCUT2D eigenvalue weighted by Crippen LogP contribution is -2.46. The highest BCUT2D eigenvalue weighted by Gasteiger charge is 2.19. The third-order valence-electron chi connectivity index (χ3n) is 3.55. The highest BCUT2D eigenvalue weighted by atomic mass is 35.5. The molecule has 1 aliphatic heterocycles. The van der Waals surface area contributed by atoms with Crippen molar-refractivity contribution in [1.29, 1.82) is 0 Å². The lowest BCUT2D eigenvalue weighted by atomic mass is 10.2. The highest BCUT2D eigenvalue weighted by molar-refractivity contribution is 6.33. The van der Waals surface area contributed by atoms with E-state index in [1.54, 1.807) is 0 Å². The first-order chi connectivity index (χ1) is 9.74. The van der Waals surface area contributed by atoms with E-state index in [2.05, 4.69) is 14.8 Å². The fraction of sp³-hybridized carbons (Fsp3) is 0.267. The first-order valence-corrected chi connectivity index (χ1v) is 6.98. The highest BCUT2D eigenvalue weighted by Crippen LogP contribution is 2.27. The molecule has 3 rings (SSSR count). The second kappa shape index (κ2) is 5.67. The maximum absolute atomic E-state index is 13.2. The Hall–Kier alpha value is -1.81. The number of pyridine rings is 1. The van der Waals surface area contributed by atoms with Crippen LogP contribution in [0.3, 0.4) is 0 Å². The van der Waals surface area contributed by atoms with E-state index in [-0.39, 0.29) is 0 Å². The molecule has 0 aliphatic carbocycles. The zero-order valence-corrected chi connectivity index (χ0v) is 11.7. The van der Waals surface area contributed by atoms with Crippen LogP contribution in [0.5, 0.6) is 0 Å². The molecule has 1 aromatic heterocycles. The van der Waals surface area contributed by atoms with Crippen molar-refractivity contribution in [2.45, 2.75) is 0 Å². The second-order valence-electron chi connectivity index (χ2n) is 4.76. The number of anilines is 2. The number of rotatable bonds is 2. The minimum atomic E-state index is -0.434. The van der Waals surface area contributed by atoms with Crippen molar-refractivity contribution in [2.75, 3.05) is 36.0 Å². The van der Waals surface area contributed by atoms with E-state index in [9.17, 15) is 4.39 Å². The minimum Gasteiger partial charge on any atom is -0.368 e. The molecule has 0 N–H and O–H groups in total. The molecule has 0 radical (unpaired) electrons. The summed E-state index contributed by atoms with van der Waals surface area (Å²) in [6.07, 6.45) is 1.51. The van der Waals surface area contributed by atoms with E-state index >= 15 is 0 Å². The Labute approximate surface area is 122 Å². The zero-order chi connectivity index (χ0) is 13.9. The topological polar surface area (TPSA) is 19.4 Å². The number of hydrogen-bond acceptors (Lipinski definition) is 3. The van der Waals surface area contributed by atoms with Crippen LogP contribution in [0.4, 0.5) is 15.8 Å². The van der Waals surface area contributed by atoms with Gasteiger partial charge in [0, 0.05) is 44.1 Å². The molecule has 1 aliphatic rings. The van der Waals surface area contributed by atoms with Crippen LogP contribution in [0.15, 0.2) is 42.6 Å². The summed E-state index contributed by atoms with van der Waals surface area (Å²) >= 11 is 6.22. The Bertz CT molecular complexity index is 597. The van der Waals surface area contributed by atoms with Gasteiger partial charge in [-0.1, -0.05) is 23.7 Å². The molecule has 0 saturated carbocycles. The molecule has 5 heteroatoms. The van der Waals surface area contributed by atoms with Crippen LogP contribution in [0.25, 0.3) is 0 Å². The quantitative estimate of drug-likeness (QED) is 0.792. The van der Waals surface area contributed by atoms with Crippen molar-refractivity contribution in [3.63, 3.8) is 0 Å². The van der Waals surface area contributed by atoms with Crippen molar-refractivity contribution in [3.8, 4) is 0 Å². The lowest BCUT2D eigenvalue weighted by Gasteiger charge is -2.37. The predicted molar refractivity (Wildman–Crippen MR) is 80.1 cm³/mol. The third-order valence-corrected chi connectivity index (χ3v) is 3.87. The fourth-order valence-corrected chi connectivity index (χ4v) is 2.76. The molecule has 104 valence electrons. The molecule has 0 atom stereocenters. The van der Waals surface area contributed by atoms with Gasteiger partial charge in [-0.15, -0.1) is 0 Å². The Balaban J connectivity index is 1.70. The van der Waals surface area contributed by atoms with Gasteiger partial charge in [-0.3, -0.25) is 0 Å². The van der Waals surface area contributed by atoms with Crippen molar-refractivity contribution in [1.82, 2.24) is 4.98 Å². The molecular weight excluding hydrogens is 277 g/mol. The van der Waals surface area contributed by atoms with Crippen molar-refractivity contribution >= 4 is 23.0 Å². The van der Waals surface area contributed by atoms with Crippen LogP contribution in [-0.4, -0.2) is 31.2 Å². The number of benzene rings is 1. The van der Waals surface area contributed by atoms with Gasteiger partial charge in [0.25, 0.3) is 0 Å². The van der Waals surface area contributed by atoms with Crippen molar-refractivity contribution in [2.24, 2.45) is 0 Å². The number of piperazine rings is 1. The van der Waals surface area contributed by atoms with Crippen molar-refractivity contribution < 1.29 is 4.39 Å². The number of halogens is 2. The molecule has 1 aromatic carbocycles. The molecule has 1 fully saturated rings. The predicted octanol–water partition coefficient (Wildman–Crippen LogP) is 3.20. The lowest BCUT2D eigenvalue weighted by molar-refractivity contribution is 0.580. The Morgan fingerprint density at radius 3 is 2.40 bits per heavy atom. The second-order valence-corrected chi connectivity index (χ2v) is 5.17. The minimum absolute atomic E-state index is 0.434.